The Kier molecular flexibility index (Phi) is 10.2. The van der Waals surface area contributed by atoms with Gasteiger partial charge in [-0.1, -0.05) is 46.3 Å². The van der Waals surface area contributed by atoms with Crippen molar-refractivity contribution < 1.29 is 44.4 Å². The monoisotopic (exact) mass is 517 g/mol. The van der Waals surface area contributed by atoms with Gasteiger partial charge >= 0.3 is 23.9 Å². The van der Waals surface area contributed by atoms with Crippen LogP contribution in [0.25, 0.3) is 0 Å². The highest BCUT2D eigenvalue weighted by molar-refractivity contribution is 9.09. The van der Waals surface area contributed by atoms with E-state index in [1.807, 2.05) is 0 Å². The number of amides is 1. The van der Waals surface area contributed by atoms with Crippen LogP contribution in [0.15, 0.2) is 30.3 Å². The van der Waals surface area contributed by atoms with Crippen molar-refractivity contribution >= 4 is 45.7 Å². The van der Waals surface area contributed by atoms with E-state index < -0.39 is 66.6 Å². The maximum atomic E-state index is 12.2. The molecule has 0 radical (unpaired) electrons. The molecule has 1 amide bonds. The largest absolute Gasteiger partial charge is 0.480 e. The number of carboxylic acid groups (broad SMARTS) is 4. The summed E-state index contributed by atoms with van der Waals surface area (Å²) in [7, 11) is 0. The topological polar surface area (TPSA) is 185 Å². The van der Waals surface area contributed by atoms with Gasteiger partial charge in [0.05, 0.1) is 26.2 Å². The number of carbonyl (C=O) groups is 5. The van der Waals surface area contributed by atoms with E-state index in [4.69, 9.17) is 0 Å². The zero-order valence-electron chi connectivity index (χ0n) is 17.1. The Morgan fingerprint density at radius 1 is 0.875 bits per heavy atom. The SMILES string of the molecule is CC(=O)NC(Cc1ccccc1)(C(Br)N(CC(=O)O)CC(=O)O)N(CC(=O)O)CC(=O)O. The van der Waals surface area contributed by atoms with Gasteiger partial charge in [-0.05, 0) is 5.56 Å². The van der Waals surface area contributed by atoms with E-state index in [1.54, 1.807) is 30.3 Å². The van der Waals surface area contributed by atoms with E-state index in [0.29, 0.717) is 5.56 Å². The Bertz CT molecular complexity index is 820. The number of halogens is 1. The minimum atomic E-state index is -1.85. The van der Waals surface area contributed by atoms with Crippen molar-refractivity contribution in [2.45, 2.75) is 24.0 Å². The average molecular weight is 518 g/mol. The van der Waals surface area contributed by atoms with E-state index in [9.17, 15) is 44.4 Å². The zero-order chi connectivity index (χ0) is 24.5. The normalized spacial score (nSPS) is 13.9. The highest BCUT2D eigenvalue weighted by Gasteiger charge is 2.48. The molecule has 0 fully saturated rings. The molecule has 0 aliphatic carbocycles. The summed E-state index contributed by atoms with van der Waals surface area (Å²) < 4.78 is 0. The molecule has 1 rings (SSSR count). The minimum absolute atomic E-state index is 0.167. The fraction of sp³-hybridized carbons (Fsp3) is 0.421. The Labute approximate surface area is 191 Å². The first-order valence-corrected chi connectivity index (χ1v) is 10.1. The number of nitrogens with one attached hydrogen (secondary N) is 1. The molecule has 12 nitrogen and oxygen atoms in total. The van der Waals surface area contributed by atoms with Crippen LogP contribution in [0.3, 0.4) is 0 Å². The van der Waals surface area contributed by atoms with Crippen molar-refractivity contribution in [1.82, 2.24) is 15.1 Å². The number of benzene rings is 1. The molecule has 5 N–H and O–H groups in total. The molecule has 0 aromatic heterocycles. The molecule has 0 heterocycles. The zero-order valence-corrected chi connectivity index (χ0v) is 18.7. The van der Waals surface area contributed by atoms with Crippen LogP contribution in [0.2, 0.25) is 0 Å². The molecule has 0 saturated heterocycles. The van der Waals surface area contributed by atoms with Gasteiger partial charge in [-0.25, -0.2) is 0 Å². The van der Waals surface area contributed by atoms with Gasteiger partial charge in [0.1, 0.15) is 10.6 Å². The van der Waals surface area contributed by atoms with Crippen LogP contribution in [0.4, 0.5) is 0 Å². The van der Waals surface area contributed by atoms with Crippen LogP contribution in [0.5, 0.6) is 0 Å². The molecule has 2 unspecified atom stereocenters. The smallest absolute Gasteiger partial charge is 0.317 e. The average Bonchev–Trinajstić information content (AvgIpc) is 2.64. The number of nitrogens with zero attached hydrogens (tertiary/aromatic N) is 2. The van der Waals surface area contributed by atoms with Crippen molar-refractivity contribution in [1.29, 1.82) is 0 Å². The lowest BCUT2D eigenvalue weighted by Gasteiger charge is -2.49. The molecule has 0 saturated carbocycles. The number of hydrogen-bond acceptors (Lipinski definition) is 7. The molecule has 176 valence electrons. The molecule has 13 heteroatoms. The number of carbonyl (C=O) groups excluding carboxylic acids is 1. The summed E-state index contributed by atoms with van der Waals surface area (Å²) in [6, 6.07) is 8.34. The molecule has 0 aliphatic heterocycles. The molecule has 2 atom stereocenters. The van der Waals surface area contributed by atoms with Gasteiger partial charge in [-0.15, -0.1) is 0 Å². The number of alkyl halides is 1. The molecule has 1 aromatic carbocycles. The first-order chi connectivity index (χ1) is 14.9. The number of rotatable bonds is 14. The second-order valence-electron chi connectivity index (χ2n) is 6.94. The predicted octanol–water partition coefficient (Wildman–Crippen LogP) is -0.275. The number of aliphatic carboxylic acids is 4. The quantitative estimate of drug-likeness (QED) is 0.124. The first-order valence-electron chi connectivity index (χ1n) is 9.20. The first kappa shape index (κ1) is 27.0. The Balaban J connectivity index is 3.73. The summed E-state index contributed by atoms with van der Waals surface area (Å²) >= 11 is 3.25. The Morgan fingerprint density at radius 2 is 1.31 bits per heavy atom. The standard InChI is InChI=1S/C19H24BrN3O9/c1-12(24)21-19(7-13-5-3-2-4-6-13,23(10-16(29)30)11-17(31)32)18(20)22(8-14(25)26)9-15(27)28/h2-6,18H,7-11H2,1H3,(H,21,24)(H,25,26)(H,27,28)(H,29,30)(H,31,32). The fourth-order valence-electron chi connectivity index (χ4n) is 3.27. The van der Waals surface area contributed by atoms with Crippen LogP contribution in [0, 0.1) is 0 Å². The van der Waals surface area contributed by atoms with Crippen molar-refractivity contribution in [2.75, 3.05) is 26.2 Å². The van der Waals surface area contributed by atoms with Gasteiger partial charge in [-0.2, -0.15) is 0 Å². The predicted molar refractivity (Wildman–Crippen MR) is 113 cm³/mol. The second-order valence-corrected chi connectivity index (χ2v) is 7.81. The van der Waals surface area contributed by atoms with E-state index in [1.165, 1.54) is 0 Å². The molecule has 0 bridgehead atoms. The van der Waals surface area contributed by atoms with Crippen molar-refractivity contribution in [3.05, 3.63) is 35.9 Å². The van der Waals surface area contributed by atoms with Crippen LogP contribution in [-0.4, -0.2) is 96.8 Å². The highest BCUT2D eigenvalue weighted by atomic mass is 79.9. The maximum absolute atomic E-state index is 12.2. The lowest BCUT2D eigenvalue weighted by molar-refractivity contribution is -0.152. The highest BCUT2D eigenvalue weighted by Crippen LogP contribution is 2.30. The number of hydrogen-bond donors (Lipinski definition) is 5. The van der Waals surface area contributed by atoms with E-state index in [0.717, 1.165) is 16.7 Å². The van der Waals surface area contributed by atoms with Gasteiger partial charge in [0.25, 0.3) is 0 Å². The van der Waals surface area contributed by atoms with Crippen molar-refractivity contribution in [3.8, 4) is 0 Å². The maximum Gasteiger partial charge on any atom is 0.317 e. The van der Waals surface area contributed by atoms with Gasteiger partial charge in [0, 0.05) is 13.3 Å². The lowest BCUT2D eigenvalue weighted by Crippen LogP contribution is -2.71. The molecule has 32 heavy (non-hydrogen) atoms. The van der Waals surface area contributed by atoms with Crippen LogP contribution >= 0.6 is 15.9 Å². The Hall–Kier alpha value is -3.03. The van der Waals surface area contributed by atoms with Crippen LogP contribution in [0.1, 0.15) is 12.5 Å². The van der Waals surface area contributed by atoms with E-state index >= 15 is 0 Å². The summed E-state index contributed by atoms with van der Waals surface area (Å²) in [4.78, 5) is 58.7. The van der Waals surface area contributed by atoms with Gasteiger partial charge < -0.3 is 25.7 Å². The van der Waals surface area contributed by atoms with Gasteiger partial charge in [0.2, 0.25) is 5.91 Å². The van der Waals surface area contributed by atoms with Crippen LogP contribution in [-0.2, 0) is 30.4 Å². The van der Waals surface area contributed by atoms with Gasteiger partial charge in [-0.3, -0.25) is 33.8 Å². The summed E-state index contributed by atoms with van der Waals surface area (Å²) in [6.45, 7) is -2.12. The van der Waals surface area contributed by atoms with Crippen molar-refractivity contribution in [2.24, 2.45) is 0 Å². The molecular weight excluding hydrogens is 494 g/mol. The van der Waals surface area contributed by atoms with E-state index in [2.05, 4.69) is 21.2 Å². The van der Waals surface area contributed by atoms with Crippen LogP contribution < -0.4 is 5.32 Å². The Morgan fingerprint density at radius 3 is 1.69 bits per heavy atom. The fourth-order valence-corrected chi connectivity index (χ4v) is 4.13. The minimum Gasteiger partial charge on any atom is -0.480 e. The molecule has 0 aliphatic rings. The summed E-state index contributed by atoms with van der Waals surface area (Å²) in [5, 5.41) is 39.9. The lowest BCUT2D eigenvalue weighted by atomic mass is 9.95. The van der Waals surface area contributed by atoms with Gasteiger partial charge in [0.15, 0.2) is 0 Å². The third-order valence-corrected chi connectivity index (χ3v) is 5.65. The number of carboxylic acids is 4. The molecule has 1 aromatic rings. The summed E-state index contributed by atoms with van der Waals surface area (Å²) in [5.74, 6) is -6.24. The summed E-state index contributed by atoms with van der Waals surface area (Å²) in [6.07, 6.45) is -0.167. The summed E-state index contributed by atoms with van der Waals surface area (Å²) in [5.41, 5.74) is -1.30. The molecule has 0 spiro atoms. The van der Waals surface area contributed by atoms with E-state index in [-0.39, 0.29) is 6.42 Å². The third-order valence-electron chi connectivity index (χ3n) is 4.32. The second kappa shape index (κ2) is 12.1. The van der Waals surface area contributed by atoms with Crippen molar-refractivity contribution in [3.63, 3.8) is 0 Å². The molecular formula is C19H24BrN3O9. The third kappa shape index (κ3) is 8.24.